The molecule has 1 amide bonds. The molecule has 39 nitrogen and oxygen atoms in total. The van der Waals surface area contributed by atoms with Gasteiger partial charge in [-0.05, 0) is 83.0 Å². The molecule has 0 aromatic heterocycles. The molecule has 113 heavy (non-hydrogen) atoms. The van der Waals surface area contributed by atoms with E-state index < -0.39 is 181 Å². The maximum Gasteiger partial charge on any atom is 0.267 e. The highest BCUT2D eigenvalue weighted by molar-refractivity contribution is 7.46. The molecule has 43 heteroatoms. The van der Waals surface area contributed by atoms with Crippen LogP contribution in [0.3, 0.4) is 0 Å². The van der Waals surface area contributed by atoms with E-state index in [9.17, 15) is 93.7 Å². The molecule has 12 unspecified atom stereocenters. The average molecular weight is 1720 g/mol. The highest BCUT2D eigenvalue weighted by Crippen LogP contribution is 2.43. The molecule has 674 valence electrons. The van der Waals surface area contributed by atoms with Crippen LogP contribution in [0.1, 0.15) is 157 Å². The maximum atomic E-state index is 13.4. The van der Waals surface area contributed by atoms with Crippen LogP contribution in [0.15, 0.2) is 0 Å². The topological polar surface area (TPSA) is 567 Å². The van der Waals surface area contributed by atoms with Gasteiger partial charge in [-0.25, -0.2) is 0 Å². The van der Waals surface area contributed by atoms with Crippen molar-refractivity contribution in [2.75, 3.05) is 179 Å². The first-order valence-corrected chi connectivity index (χ1v) is 45.3. The number of amides is 1. The Kier molecular flexibility index (Phi) is 59.5. The van der Waals surface area contributed by atoms with Crippen LogP contribution in [0.5, 0.6) is 0 Å². The Morgan fingerprint density at radius 1 is 0.425 bits per heavy atom. The van der Waals surface area contributed by atoms with Crippen molar-refractivity contribution >= 4 is 37.2 Å². The minimum atomic E-state index is -5.14. The number of carbonyl (C=O) groups is 1. The Morgan fingerprint density at radius 2 is 0.770 bits per heavy atom. The minimum absolute atomic E-state index is 0.0325. The molecule has 2 aliphatic heterocycles. The summed E-state index contributed by atoms with van der Waals surface area (Å²) < 4.78 is 155. The number of carbonyl (C=O) groups excluding carboxylic acids is 1. The Balaban J connectivity index is 0.0000106. The molecule has 0 aromatic rings. The van der Waals surface area contributed by atoms with Crippen LogP contribution in [0.25, 0.3) is 0 Å². The number of aliphatic hydroxyl groups excluding tert-OH is 10. The Labute approximate surface area is 666 Å². The van der Waals surface area contributed by atoms with E-state index in [0.29, 0.717) is 110 Å². The number of ether oxygens (including phenoxy) is 11. The van der Waals surface area contributed by atoms with E-state index in [0.717, 1.165) is 5.92 Å². The lowest BCUT2D eigenvalue weighted by atomic mass is 9.77. The normalized spacial score (nSPS) is 27.2. The summed E-state index contributed by atoms with van der Waals surface area (Å²) in [5.74, 6) is -1.41. The van der Waals surface area contributed by atoms with Crippen molar-refractivity contribution in [3.63, 3.8) is 0 Å². The number of unbranched alkanes of at least 4 members (excludes halogenated alkanes) is 9. The van der Waals surface area contributed by atoms with Crippen molar-refractivity contribution in [1.82, 2.24) is 5.32 Å². The van der Waals surface area contributed by atoms with E-state index in [4.69, 9.17) is 88.3 Å². The summed E-state index contributed by atoms with van der Waals surface area (Å²) in [5.41, 5.74) is -1.55. The lowest BCUT2D eigenvalue weighted by Crippen LogP contribution is -2.64. The average Bonchev–Trinajstić information content (AvgIpc) is 0.830. The smallest absolute Gasteiger partial charge is 0.267 e. The molecule has 21 atom stereocenters. The molecular formula is C70H137NO38P4-4. The fourth-order valence-electron chi connectivity index (χ4n) is 11.5. The van der Waals surface area contributed by atoms with Crippen LogP contribution in [-0.4, -0.2) is 309 Å². The fraction of sp³-hybridized carbons (Fsp3) is 0.986. The van der Waals surface area contributed by atoms with Gasteiger partial charge in [-0.2, -0.15) is 0 Å². The van der Waals surface area contributed by atoms with E-state index in [1.165, 1.54) is 6.92 Å². The van der Waals surface area contributed by atoms with Gasteiger partial charge in [-0.15, -0.1) is 0 Å². The van der Waals surface area contributed by atoms with Gasteiger partial charge in [0.15, 0.2) is 12.6 Å². The standard InChI is InChI=1S/C66H131NO38P4.C4H10/c1-49-54(38-53(40-69)60(75)58(49)73)93-28-11-5-8-14-31-96-106(79,80)99-35-19-25-90-45-66(48-103-109(85,86)102-34-18-24-89-44-52(39-68)43-88-23-17-22-87-4,46-91-26-20-36-100-107(81,82)97-32-15-9-6-12-29-94-64-50(2)59(74)61(76)55(41-70)104-64)47-92-27-21-37-101-108(83,84)98-33-16-10-7-13-30-95-65-57(67-51(3)72)63(78)62(77)56(42-71)105-65;1-4(2)3/h49-50,52-65,68-71,73-78H,5-48H2,1-4H3,(H,67,72)(H,79,80)(H,81,82)(H,83,84)(H,85,86);4H,1-3H3/p-4/t49?,50?,52?,53?,54-,55?,56?,57?,58-,59-,60+,61+,62+,63-,64-,65-,66?;/m1./s1. The predicted molar refractivity (Wildman–Crippen MR) is 396 cm³/mol. The SMILES string of the molecule is CC(C)C.COCCCOCC(CO)COCCCOP(=O)([O-])OCC(COCCCOP(=O)([O-])OCCCCCCO[C@@H]1OC(CO)[C@H](O)[C@H](O)C1C)(COCCCOP(=O)([O-])OCCCCCCO[C@@H]1OC(CO)[C@H](O)[C@H](O)C1NC(C)=O)COCCCOP(=O)([O-])OCCCCCCO[C@@H]1CC(CO)[C@H](O)[C@H](O)C1C. The number of phosphoric ester groups is 4. The molecule has 2 saturated heterocycles. The molecule has 1 saturated carbocycles. The first kappa shape index (κ1) is 108. The largest absolute Gasteiger partial charge is 0.756 e. The summed E-state index contributed by atoms with van der Waals surface area (Å²) in [7, 11) is -18.0. The van der Waals surface area contributed by atoms with Gasteiger partial charge in [0.1, 0.15) is 36.6 Å². The van der Waals surface area contributed by atoms with Crippen molar-refractivity contribution < 1.29 is 182 Å². The van der Waals surface area contributed by atoms with Crippen molar-refractivity contribution in [3.8, 4) is 0 Å². The van der Waals surface area contributed by atoms with Crippen molar-refractivity contribution in [3.05, 3.63) is 0 Å². The molecule has 11 N–H and O–H groups in total. The Morgan fingerprint density at radius 3 is 1.16 bits per heavy atom. The van der Waals surface area contributed by atoms with Gasteiger partial charge >= 0.3 is 0 Å². The third-order valence-electron chi connectivity index (χ3n) is 18.0. The van der Waals surface area contributed by atoms with Crippen LogP contribution in [0, 0.1) is 35.0 Å². The second kappa shape index (κ2) is 62.2. The van der Waals surface area contributed by atoms with Gasteiger partial charge in [-0.1, -0.05) is 73.1 Å². The first-order valence-electron chi connectivity index (χ1n) is 39.5. The van der Waals surface area contributed by atoms with Gasteiger partial charge in [0.05, 0.1) is 136 Å². The van der Waals surface area contributed by atoms with Crippen LogP contribution in [0.2, 0.25) is 0 Å². The first-order chi connectivity index (χ1) is 53.7. The summed E-state index contributed by atoms with van der Waals surface area (Å²) >= 11 is 0. The number of methoxy groups -OCH3 is 1. The summed E-state index contributed by atoms with van der Waals surface area (Å²) in [6.45, 7) is 6.84. The highest BCUT2D eigenvalue weighted by Gasteiger charge is 2.46. The van der Waals surface area contributed by atoms with Crippen LogP contribution < -0.4 is 24.9 Å². The summed E-state index contributed by atoms with van der Waals surface area (Å²) in [6, 6.07) is -1.11. The zero-order valence-electron chi connectivity index (χ0n) is 67.1. The summed E-state index contributed by atoms with van der Waals surface area (Å²) in [5, 5.41) is 103. The monoisotopic (exact) mass is 1720 g/mol. The van der Waals surface area contributed by atoms with Crippen molar-refractivity contribution in [2.24, 2.45) is 35.0 Å². The van der Waals surface area contributed by atoms with Gasteiger partial charge in [0, 0.05) is 104 Å². The van der Waals surface area contributed by atoms with E-state index in [2.05, 4.69) is 26.1 Å². The van der Waals surface area contributed by atoms with Crippen LogP contribution in [-0.2, 0) is 111 Å². The zero-order chi connectivity index (χ0) is 84.1. The number of nitrogens with one attached hydrogen (secondary N) is 1. The quantitative estimate of drug-likeness (QED) is 0.0303. The number of aliphatic hydroxyl groups is 10. The van der Waals surface area contributed by atoms with Crippen molar-refractivity contribution in [1.29, 1.82) is 0 Å². The molecular weight excluding hydrogens is 1590 g/mol. The summed E-state index contributed by atoms with van der Waals surface area (Å²) in [4.78, 5) is 63.3. The molecule has 3 rings (SSSR count). The molecule has 1 aliphatic carbocycles. The van der Waals surface area contributed by atoms with Crippen LogP contribution in [0.4, 0.5) is 0 Å². The third-order valence-corrected chi connectivity index (χ3v) is 21.9. The van der Waals surface area contributed by atoms with E-state index in [1.807, 2.05) is 0 Å². The van der Waals surface area contributed by atoms with E-state index >= 15 is 0 Å². The minimum Gasteiger partial charge on any atom is -0.756 e. The number of phosphoric acid groups is 4. The van der Waals surface area contributed by atoms with Crippen molar-refractivity contribution in [2.45, 2.75) is 231 Å². The lowest BCUT2D eigenvalue weighted by Gasteiger charge is -2.42. The van der Waals surface area contributed by atoms with Crippen LogP contribution >= 0.6 is 31.3 Å². The van der Waals surface area contributed by atoms with Gasteiger partial charge in [0.25, 0.3) is 31.3 Å². The summed E-state index contributed by atoms with van der Waals surface area (Å²) in [6.07, 6.45) is -4.83. The molecule has 3 fully saturated rings. The third kappa shape index (κ3) is 49.1. The van der Waals surface area contributed by atoms with E-state index in [1.54, 1.807) is 21.0 Å². The number of rotatable bonds is 69. The maximum absolute atomic E-state index is 13.4. The van der Waals surface area contributed by atoms with E-state index in [-0.39, 0.29) is 136 Å². The van der Waals surface area contributed by atoms with Gasteiger partial charge in [-0.3, -0.25) is 23.1 Å². The molecule has 0 spiro atoms. The number of hydrogen-bond donors (Lipinski definition) is 11. The molecule has 3 aliphatic rings. The highest BCUT2D eigenvalue weighted by atomic mass is 31.2. The van der Waals surface area contributed by atoms with Gasteiger partial charge in [0.2, 0.25) is 5.91 Å². The molecule has 0 bridgehead atoms. The Hall–Kier alpha value is -0.930. The molecule has 2 heterocycles. The molecule has 0 radical (unpaired) electrons. The molecule has 0 aromatic carbocycles. The number of hydrogen-bond acceptors (Lipinski definition) is 38. The lowest BCUT2D eigenvalue weighted by molar-refractivity contribution is -0.282. The predicted octanol–water partition coefficient (Wildman–Crippen LogP) is 1.42. The zero-order valence-corrected chi connectivity index (χ0v) is 70.7. The Bertz CT molecular complexity index is 2480. The second-order valence-electron chi connectivity index (χ2n) is 29.2. The van der Waals surface area contributed by atoms with Gasteiger partial charge < -0.3 is 164 Å². The fourth-order valence-corrected chi connectivity index (χ4v) is 14.7. The second-order valence-corrected chi connectivity index (χ2v) is 34.8.